The summed E-state index contributed by atoms with van der Waals surface area (Å²) in [5.41, 5.74) is 3.65. The molecule has 9 nitrogen and oxygen atoms in total. The molecule has 104 valence electrons. The van der Waals surface area contributed by atoms with Crippen LogP contribution in [-0.4, -0.2) is 55.7 Å². The van der Waals surface area contributed by atoms with Gasteiger partial charge in [-0.05, 0) is 0 Å². The second kappa shape index (κ2) is 5.05. The van der Waals surface area contributed by atoms with E-state index in [1.54, 1.807) is 0 Å². The first-order valence-electron chi connectivity index (χ1n) is 5.46. The number of aromatic nitrogens is 2. The van der Waals surface area contributed by atoms with Gasteiger partial charge in [-0.1, -0.05) is 0 Å². The van der Waals surface area contributed by atoms with Crippen LogP contribution in [0.25, 0.3) is 0 Å². The first kappa shape index (κ1) is 13.6. The van der Waals surface area contributed by atoms with Crippen molar-refractivity contribution >= 4 is 5.91 Å². The van der Waals surface area contributed by atoms with Crippen molar-refractivity contribution in [3.8, 4) is 0 Å². The molecule has 0 spiro atoms. The van der Waals surface area contributed by atoms with E-state index in [9.17, 15) is 19.8 Å². The normalized spacial score (nSPS) is 30.5. The Morgan fingerprint density at radius 3 is 2.68 bits per heavy atom. The zero-order valence-electron chi connectivity index (χ0n) is 9.71. The Morgan fingerprint density at radius 1 is 1.47 bits per heavy atom. The van der Waals surface area contributed by atoms with Gasteiger partial charge >= 0.3 is 0 Å². The van der Waals surface area contributed by atoms with Crippen molar-refractivity contribution in [2.45, 2.75) is 24.5 Å². The van der Waals surface area contributed by atoms with Crippen LogP contribution in [0.3, 0.4) is 0 Å². The first-order valence-corrected chi connectivity index (χ1v) is 5.46. The van der Waals surface area contributed by atoms with Crippen LogP contribution in [0.2, 0.25) is 0 Å². The second-order valence-electron chi connectivity index (χ2n) is 4.08. The summed E-state index contributed by atoms with van der Waals surface area (Å²) in [7, 11) is 0. The highest BCUT2D eigenvalue weighted by Gasteiger charge is 2.43. The molecule has 19 heavy (non-hydrogen) atoms. The number of nitrogens with zero attached hydrogens (tertiary/aromatic N) is 2. The molecule has 1 aliphatic heterocycles. The zero-order chi connectivity index (χ0) is 14.2. The van der Waals surface area contributed by atoms with Crippen molar-refractivity contribution in [2.75, 3.05) is 6.61 Å². The molecule has 0 unspecified atom stereocenters. The summed E-state index contributed by atoms with van der Waals surface area (Å²) in [6.07, 6.45) is -2.66. The molecule has 0 bridgehead atoms. The standard InChI is InChI=1S/C10H13N3O6/c11-8(17)5-9(18)13(2-1-12-5)10-7(16)6(15)4(3-14)19-10/h1-2,4,6-7,10,14-16H,3H2,(H2,11,17)/t4-,6-,7+,10-/m1/s1. The van der Waals surface area contributed by atoms with Crippen LogP contribution in [-0.2, 0) is 4.74 Å². The van der Waals surface area contributed by atoms with Gasteiger partial charge in [0.1, 0.15) is 18.3 Å². The van der Waals surface area contributed by atoms with E-state index in [-0.39, 0.29) is 0 Å². The van der Waals surface area contributed by atoms with E-state index in [4.69, 9.17) is 15.6 Å². The molecule has 4 atom stereocenters. The lowest BCUT2D eigenvalue weighted by Gasteiger charge is -2.17. The summed E-state index contributed by atoms with van der Waals surface area (Å²) in [4.78, 5) is 26.5. The molecule has 1 fully saturated rings. The van der Waals surface area contributed by atoms with Crippen LogP contribution >= 0.6 is 0 Å². The highest BCUT2D eigenvalue weighted by Crippen LogP contribution is 2.27. The van der Waals surface area contributed by atoms with E-state index < -0.39 is 48.3 Å². The summed E-state index contributed by atoms with van der Waals surface area (Å²) in [5, 5.41) is 28.3. The Morgan fingerprint density at radius 2 is 2.16 bits per heavy atom. The number of hydrogen-bond donors (Lipinski definition) is 4. The van der Waals surface area contributed by atoms with Crippen molar-refractivity contribution in [1.29, 1.82) is 0 Å². The summed E-state index contributed by atoms with van der Waals surface area (Å²) in [6, 6.07) is 0. The zero-order valence-corrected chi connectivity index (χ0v) is 9.71. The van der Waals surface area contributed by atoms with Gasteiger partial charge in [0.2, 0.25) is 0 Å². The highest BCUT2D eigenvalue weighted by atomic mass is 16.6. The van der Waals surface area contributed by atoms with E-state index in [0.717, 1.165) is 10.8 Å². The van der Waals surface area contributed by atoms with Crippen LogP contribution in [0.4, 0.5) is 0 Å². The Balaban J connectivity index is 2.41. The lowest BCUT2D eigenvalue weighted by molar-refractivity contribution is -0.0545. The fraction of sp³-hybridized carbons (Fsp3) is 0.500. The topological polar surface area (TPSA) is 148 Å². The molecule has 5 N–H and O–H groups in total. The monoisotopic (exact) mass is 271 g/mol. The molecule has 1 aromatic rings. The predicted molar refractivity (Wildman–Crippen MR) is 60.0 cm³/mol. The van der Waals surface area contributed by atoms with Crippen LogP contribution in [0, 0.1) is 0 Å². The SMILES string of the molecule is NC(=O)c1nccn([C@@H]2O[C@H](CO)[C@@H](O)[C@@H]2O)c1=O. The van der Waals surface area contributed by atoms with Gasteiger partial charge in [0, 0.05) is 12.4 Å². The average molecular weight is 271 g/mol. The lowest BCUT2D eigenvalue weighted by Crippen LogP contribution is -2.38. The maximum atomic E-state index is 11.9. The number of carbonyl (C=O) groups excluding carboxylic acids is 1. The molecule has 9 heteroatoms. The van der Waals surface area contributed by atoms with Gasteiger partial charge in [-0.2, -0.15) is 0 Å². The second-order valence-corrected chi connectivity index (χ2v) is 4.08. The van der Waals surface area contributed by atoms with Gasteiger partial charge in [0.05, 0.1) is 6.61 Å². The van der Waals surface area contributed by atoms with Crippen molar-refractivity contribution in [3.63, 3.8) is 0 Å². The maximum Gasteiger partial charge on any atom is 0.284 e. The summed E-state index contributed by atoms with van der Waals surface area (Å²) in [6.45, 7) is -0.517. The Bertz CT molecular complexity index is 544. The van der Waals surface area contributed by atoms with E-state index in [1.165, 1.54) is 6.20 Å². The molecule has 0 aliphatic carbocycles. The number of primary amides is 1. The molecule has 2 heterocycles. The van der Waals surface area contributed by atoms with E-state index in [1.807, 2.05) is 0 Å². The summed E-state index contributed by atoms with van der Waals surface area (Å²) >= 11 is 0. The molecule has 1 aliphatic rings. The Kier molecular flexibility index (Phi) is 3.62. The number of amides is 1. The smallest absolute Gasteiger partial charge is 0.284 e. The molecule has 0 aromatic carbocycles. The fourth-order valence-corrected chi connectivity index (χ4v) is 1.90. The van der Waals surface area contributed by atoms with Gasteiger partial charge in [0.15, 0.2) is 11.9 Å². The minimum atomic E-state index is -1.42. The third-order valence-corrected chi connectivity index (χ3v) is 2.89. The molecular weight excluding hydrogens is 258 g/mol. The third kappa shape index (κ3) is 2.24. The van der Waals surface area contributed by atoms with E-state index in [0.29, 0.717) is 0 Å². The quantitative estimate of drug-likeness (QED) is 0.456. The highest BCUT2D eigenvalue weighted by molar-refractivity contribution is 5.90. The van der Waals surface area contributed by atoms with Crippen molar-refractivity contribution in [1.82, 2.24) is 9.55 Å². The number of aliphatic hydroxyl groups is 3. The Hall–Kier alpha value is -1.81. The van der Waals surface area contributed by atoms with Gasteiger partial charge < -0.3 is 25.8 Å². The third-order valence-electron chi connectivity index (χ3n) is 2.89. The van der Waals surface area contributed by atoms with E-state index in [2.05, 4.69) is 4.98 Å². The van der Waals surface area contributed by atoms with E-state index >= 15 is 0 Å². The van der Waals surface area contributed by atoms with Gasteiger partial charge in [0.25, 0.3) is 11.5 Å². The number of carbonyl (C=O) groups is 1. The Labute approximate surface area is 106 Å². The average Bonchev–Trinajstić information content (AvgIpc) is 2.66. The van der Waals surface area contributed by atoms with Crippen molar-refractivity contribution in [3.05, 3.63) is 28.4 Å². The number of aliphatic hydroxyl groups excluding tert-OH is 3. The van der Waals surface area contributed by atoms with Crippen LogP contribution in [0.15, 0.2) is 17.2 Å². The van der Waals surface area contributed by atoms with Crippen molar-refractivity contribution < 1.29 is 24.9 Å². The molecular formula is C10H13N3O6. The maximum absolute atomic E-state index is 11.9. The number of rotatable bonds is 3. The summed E-state index contributed by atoms with van der Waals surface area (Å²) < 4.78 is 6.07. The lowest BCUT2D eigenvalue weighted by atomic mass is 10.1. The van der Waals surface area contributed by atoms with Crippen LogP contribution < -0.4 is 11.3 Å². The number of hydrogen-bond acceptors (Lipinski definition) is 7. The van der Waals surface area contributed by atoms with Gasteiger partial charge in [-0.25, -0.2) is 4.98 Å². The molecule has 0 radical (unpaired) electrons. The number of nitrogens with two attached hydrogens (primary N) is 1. The first-order chi connectivity index (χ1) is 8.97. The van der Waals surface area contributed by atoms with Crippen LogP contribution in [0.5, 0.6) is 0 Å². The van der Waals surface area contributed by atoms with Crippen molar-refractivity contribution in [2.24, 2.45) is 5.73 Å². The molecule has 0 saturated carbocycles. The summed E-state index contributed by atoms with van der Waals surface area (Å²) in [5.74, 6) is -1.01. The minimum absolute atomic E-state index is 0.500. The molecule has 1 amide bonds. The molecule has 2 rings (SSSR count). The predicted octanol–water partition coefficient (Wildman–Crippen LogP) is -3.05. The minimum Gasteiger partial charge on any atom is -0.394 e. The van der Waals surface area contributed by atoms with Gasteiger partial charge in [-0.15, -0.1) is 0 Å². The van der Waals surface area contributed by atoms with Crippen LogP contribution in [0.1, 0.15) is 16.7 Å². The molecule has 1 saturated heterocycles. The van der Waals surface area contributed by atoms with Gasteiger partial charge in [-0.3, -0.25) is 14.2 Å². The largest absolute Gasteiger partial charge is 0.394 e. The fourth-order valence-electron chi connectivity index (χ4n) is 1.90. The molecule has 1 aromatic heterocycles. The number of ether oxygens (including phenoxy) is 1.